The molecule has 0 unspecified atom stereocenters. The van der Waals surface area contributed by atoms with Gasteiger partial charge in [-0.15, -0.1) is 0 Å². The Balaban J connectivity index is 1.58. The van der Waals surface area contributed by atoms with Crippen molar-refractivity contribution in [3.63, 3.8) is 0 Å². The summed E-state index contributed by atoms with van der Waals surface area (Å²) < 4.78 is 12.0. The van der Waals surface area contributed by atoms with Crippen LogP contribution >= 0.6 is 0 Å². The van der Waals surface area contributed by atoms with Crippen molar-refractivity contribution in [3.05, 3.63) is 81.2 Å². The molecule has 39 heavy (non-hydrogen) atoms. The van der Waals surface area contributed by atoms with Crippen molar-refractivity contribution in [1.29, 1.82) is 0 Å². The zero-order valence-electron chi connectivity index (χ0n) is 24.7. The third-order valence-electron chi connectivity index (χ3n) is 8.38. The Bertz CT molecular complexity index is 1350. The van der Waals surface area contributed by atoms with E-state index in [1.165, 1.54) is 11.1 Å². The Labute approximate surface area is 232 Å². The van der Waals surface area contributed by atoms with Gasteiger partial charge in [-0.1, -0.05) is 63.1 Å². The quantitative estimate of drug-likeness (QED) is 0.411. The summed E-state index contributed by atoms with van der Waals surface area (Å²) in [5, 5.41) is 0. The average molecular weight is 528 g/mol. The maximum atomic E-state index is 13.7. The molecule has 5 rings (SSSR count). The first-order valence-corrected chi connectivity index (χ1v) is 13.9. The second kappa shape index (κ2) is 9.69. The van der Waals surface area contributed by atoms with Gasteiger partial charge in [0.15, 0.2) is 23.1 Å². The third-order valence-corrected chi connectivity index (χ3v) is 8.38. The highest BCUT2D eigenvalue weighted by Crippen LogP contribution is 2.54. The van der Waals surface area contributed by atoms with Crippen molar-refractivity contribution >= 4 is 11.6 Å². The summed E-state index contributed by atoms with van der Waals surface area (Å²) in [6.07, 6.45) is 2.57. The summed E-state index contributed by atoms with van der Waals surface area (Å²) in [7, 11) is 3.67. The molecule has 0 bridgehead atoms. The number of aryl methyl sites for hydroxylation is 2. The predicted molar refractivity (Wildman–Crippen MR) is 154 cm³/mol. The lowest BCUT2D eigenvalue weighted by Crippen LogP contribution is -2.43. The number of ketones is 2. The highest BCUT2D eigenvalue weighted by atomic mass is 16.5. The van der Waals surface area contributed by atoms with Gasteiger partial charge in [0.1, 0.15) is 6.61 Å². The molecule has 0 aromatic heterocycles. The van der Waals surface area contributed by atoms with E-state index < -0.39 is 0 Å². The van der Waals surface area contributed by atoms with Gasteiger partial charge in [-0.2, -0.15) is 0 Å². The van der Waals surface area contributed by atoms with Crippen LogP contribution in [0.15, 0.2) is 58.9 Å². The standard InChI is InChI=1S/C34H41NO4/c1-20-11-21(2)13-22(12-20)19-39-28-10-9-23(14-29(28)38-8)30-31-24(15-33(3,4)17-26(31)36)35(7)25-16-34(5,6)18-27(37)32(25)30/h9-14,30H,15-19H2,1-8H3. The van der Waals surface area contributed by atoms with Crippen LogP contribution in [-0.4, -0.2) is 30.6 Å². The van der Waals surface area contributed by atoms with Crippen LogP contribution in [0.3, 0.4) is 0 Å². The number of hydrogen-bond donors (Lipinski definition) is 0. The molecule has 2 aromatic carbocycles. The van der Waals surface area contributed by atoms with Gasteiger partial charge in [0.2, 0.25) is 0 Å². The minimum atomic E-state index is -0.388. The van der Waals surface area contributed by atoms with Crippen LogP contribution in [0.25, 0.3) is 0 Å². The van der Waals surface area contributed by atoms with E-state index in [0.29, 0.717) is 30.9 Å². The molecule has 0 saturated carbocycles. The molecule has 1 aliphatic heterocycles. The maximum absolute atomic E-state index is 13.7. The number of nitrogens with zero attached hydrogens (tertiary/aromatic N) is 1. The first-order chi connectivity index (χ1) is 18.3. The summed E-state index contributed by atoms with van der Waals surface area (Å²) in [5.74, 6) is 1.13. The molecule has 0 N–H and O–H groups in total. The van der Waals surface area contributed by atoms with E-state index in [0.717, 1.165) is 46.5 Å². The van der Waals surface area contributed by atoms with E-state index in [4.69, 9.17) is 9.47 Å². The number of rotatable bonds is 5. The normalized spacial score (nSPS) is 20.7. The van der Waals surface area contributed by atoms with E-state index in [2.05, 4.69) is 64.6 Å². The Morgan fingerprint density at radius 1 is 0.795 bits per heavy atom. The third kappa shape index (κ3) is 5.16. The Kier molecular flexibility index (Phi) is 6.77. The maximum Gasteiger partial charge on any atom is 0.162 e. The largest absolute Gasteiger partial charge is 0.493 e. The lowest BCUT2D eigenvalue weighted by Gasteiger charge is -2.47. The zero-order valence-corrected chi connectivity index (χ0v) is 24.7. The highest BCUT2D eigenvalue weighted by molar-refractivity contribution is 6.06. The van der Waals surface area contributed by atoms with Crippen molar-refractivity contribution in [2.75, 3.05) is 14.2 Å². The number of methoxy groups -OCH3 is 1. The number of carbonyl (C=O) groups is 2. The van der Waals surface area contributed by atoms with Crippen molar-refractivity contribution < 1.29 is 19.1 Å². The Morgan fingerprint density at radius 2 is 1.33 bits per heavy atom. The lowest BCUT2D eigenvalue weighted by atomic mass is 9.64. The van der Waals surface area contributed by atoms with Crippen molar-refractivity contribution in [2.24, 2.45) is 10.8 Å². The fourth-order valence-electron chi connectivity index (χ4n) is 6.79. The van der Waals surface area contributed by atoms with E-state index >= 15 is 0 Å². The fraction of sp³-hybridized carbons (Fsp3) is 0.471. The summed E-state index contributed by atoms with van der Waals surface area (Å²) in [6.45, 7) is 13.2. The molecule has 1 heterocycles. The minimum Gasteiger partial charge on any atom is -0.493 e. The molecule has 2 aromatic rings. The van der Waals surface area contributed by atoms with Gasteiger partial charge in [0.05, 0.1) is 7.11 Å². The summed E-state index contributed by atoms with van der Waals surface area (Å²) >= 11 is 0. The number of Topliss-reactive ketones (excluding diaryl/α,β-unsaturated/α-hetero) is 2. The Morgan fingerprint density at radius 3 is 1.85 bits per heavy atom. The SMILES string of the molecule is COc1cc(C2C3=C(CC(C)(C)CC3=O)N(C)C3=C2C(=O)CC(C)(C)C3)ccc1OCc1cc(C)cc(C)c1. The molecule has 0 spiro atoms. The molecule has 0 saturated heterocycles. The van der Waals surface area contributed by atoms with E-state index in [-0.39, 0.29) is 28.3 Å². The van der Waals surface area contributed by atoms with Gasteiger partial charge in [0.25, 0.3) is 0 Å². The van der Waals surface area contributed by atoms with Gasteiger partial charge in [0, 0.05) is 48.3 Å². The van der Waals surface area contributed by atoms with Gasteiger partial charge in [-0.3, -0.25) is 9.59 Å². The highest BCUT2D eigenvalue weighted by Gasteiger charge is 2.48. The second-order valence-electron chi connectivity index (χ2n) is 13.3. The van der Waals surface area contributed by atoms with E-state index in [9.17, 15) is 9.59 Å². The number of hydrogen-bond acceptors (Lipinski definition) is 5. The minimum absolute atomic E-state index is 0.121. The fourth-order valence-corrected chi connectivity index (χ4v) is 6.79. The summed E-state index contributed by atoms with van der Waals surface area (Å²) in [6, 6.07) is 12.3. The molecule has 5 heteroatoms. The second-order valence-corrected chi connectivity index (χ2v) is 13.3. The first-order valence-electron chi connectivity index (χ1n) is 13.9. The average Bonchev–Trinajstić information content (AvgIpc) is 2.82. The summed E-state index contributed by atoms with van der Waals surface area (Å²) in [5.41, 5.74) is 7.82. The zero-order chi connectivity index (χ0) is 28.3. The van der Waals surface area contributed by atoms with Crippen LogP contribution < -0.4 is 9.47 Å². The van der Waals surface area contributed by atoms with Crippen molar-refractivity contribution in [3.8, 4) is 11.5 Å². The van der Waals surface area contributed by atoms with Crippen LogP contribution in [0.4, 0.5) is 0 Å². The molecule has 0 fully saturated rings. The number of allylic oxidation sites excluding steroid dienone is 4. The smallest absolute Gasteiger partial charge is 0.162 e. The number of carbonyl (C=O) groups excluding carboxylic acids is 2. The molecular formula is C34H41NO4. The number of benzene rings is 2. The van der Waals surface area contributed by atoms with E-state index in [1.807, 2.05) is 25.2 Å². The van der Waals surface area contributed by atoms with Crippen LogP contribution in [0.2, 0.25) is 0 Å². The topological polar surface area (TPSA) is 55.8 Å². The molecule has 3 aliphatic rings. The predicted octanol–water partition coefficient (Wildman–Crippen LogP) is 7.21. The van der Waals surface area contributed by atoms with Gasteiger partial charge < -0.3 is 14.4 Å². The van der Waals surface area contributed by atoms with E-state index in [1.54, 1.807) is 7.11 Å². The Hall–Kier alpha value is -3.34. The summed E-state index contributed by atoms with van der Waals surface area (Å²) in [4.78, 5) is 29.7. The van der Waals surface area contributed by atoms with Gasteiger partial charge in [-0.25, -0.2) is 0 Å². The molecular weight excluding hydrogens is 486 g/mol. The van der Waals surface area contributed by atoms with Crippen LogP contribution in [-0.2, 0) is 16.2 Å². The molecule has 2 aliphatic carbocycles. The van der Waals surface area contributed by atoms with Crippen LogP contribution in [0, 0.1) is 24.7 Å². The lowest BCUT2D eigenvalue weighted by molar-refractivity contribution is -0.119. The molecule has 0 atom stereocenters. The van der Waals surface area contributed by atoms with Crippen LogP contribution in [0.1, 0.15) is 81.5 Å². The number of ether oxygens (including phenoxy) is 2. The monoisotopic (exact) mass is 527 g/mol. The van der Waals surface area contributed by atoms with Gasteiger partial charge in [-0.05, 0) is 60.8 Å². The van der Waals surface area contributed by atoms with Gasteiger partial charge >= 0.3 is 0 Å². The molecule has 5 nitrogen and oxygen atoms in total. The molecule has 0 radical (unpaired) electrons. The van der Waals surface area contributed by atoms with Crippen LogP contribution in [0.5, 0.6) is 11.5 Å². The first kappa shape index (κ1) is 27.2. The van der Waals surface area contributed by atoms with Crippen molar-refractivity contribution in [1.82, 2.24) is 4.90 Å². The molecule has 0 amide bonds. The van der Waals surface area contributed by atoms with Crippen molar-refractivity contribution in [2.45, 2.75) is 79.8 Å². The molecule has 206 valence electrons.